The van der Waals surface area contributed by atoms with Crippen molar-refractivity contribution in [2.24, 2.45) is 0 Å². The van der Waals surface area contributed by atoms with E-state index in [4.69, 9.17) is 34.8 Å². The highest BCUT2D eigenvalue weighted by Gasteiger charge is 2.13. The van der Waals surface area contributed by atoms with Gasteiger partial charge in [-0.1, -0.05) is 23.2 Å². The Kier molecular flexibility index (Phi) is 3.36. The van der Waals surface area contributed by atoms with E-state index in [1.54, 1.807) is 0 Å². The Bertz CT molecular complexity index is 354. The van der Waals surface area contributed by atoms with E-state index in [0.717, 1.165) is 0 Å². The van der Waals surface area contributed by atoms with Crippen LogP contribution in [0.4, 0.5) is 5.69 Å². The Morgan fingerprint density at radius 3 is 2.46 bits per heavy atom. The number of rotatable bonds is 2. The molecule has 6 heteroatoms. The second-order valence-corrected chi connectivity index (χ2v) is 3.34. The van der Waals surface area contributed by atoms with Crippen LogP contribution < -0.4 is 0 Å². The van der Waals surface area contributed by atoms with Crippen LogP contribution in [0.15, 0.2) is 12.1 Å². The Hall–Kier alpha value is -0.510. The van der Waals surface area contributed by atoms with E-state index in [-0.39, 0.29) is 21.6 Å². The minimum atomic E-state index is -0.543. The quantitative estimate of drug-likeness (QED) is 0.450. The number of hydrogen-bond donors (Lipinski definition) is 0. The van der Waals surface area contributed by atoms with Crippen molar-refractivity contribution in [1.82, 2.24) is 0 Å². The highest BCUT2D eigenvalue weighted by atomic mass is 35.5. The van der Waals surface area contributed by atoms with Crippen molar-refractivity contribution >= 4 is 40.5 Å². The molecule has 1 aromatic rings. The Morgan fingerprint density at radius 1 is 1.38 bits per heavy atom. The van der Waals surface area contributed by atoms with Crippen molar-refractivity contribution in [2.45, 2.75) is 5.88 Å². The van der Waals surface area contributed by atoms with Crippen LogP contribution in [0.2, 0.25) is 10.0 Å². The fraction of sp³-hybridized carbons (Fsp3) is 0.143. The summed E-state index contributed by atoms with van der Waals surface area (Å²) in [6, 6.07) is 2.50. The number of non-ortho nitro benzene ring substituents is 1. The van der Waals surface area contributed by atoms with Crippen LogP contribution in [0, 0.1) is 10.1 Å². The van der Waals surface area contributed by atoms with Crippen LogP contribution in [-0.2, 0) is 5.88 Å². The fourth-order valence-corrected chi connectivity index (χ4v) is 1.52. The zero-order valence-electron chi connectivity index (χ0n) is 6.26. The van der Waals surface area contributed by atoms with Crippen LogP contribution in [0.25, 0.3) is 0 Å². The van der Waals surface area contributed by atoms with Gasteiger partial charge in [0, 0.05) is 18.0 Å². The van der Waals surface area contributed by atoms with Gasteiger partial charge in [-0.3, -0.25) is 10.1 Å². The first-order valence-corrected chi connectivity index (χ1v) is 4.53. The van der Waals surface area contributed by atoms with Crippen molar-refractivity contribution in [3.8, 4) is 0 Å². The zero-order valence-corrected chi connectivity index (χ0v) is 8.53. The van der Waals surface area contributed by atoms with Crippen molar-refractivity contribution in [2.75, 3.05) is 0 Å². The van der Waals surface area contributed by atoms with Crippen molar-refractivity contribution in [1.29, 1.82) is 0 Å². The molecule has 0 amide bonds. The summed E-state index contributed by atoms with van der Waals surface area (Å²) in [6.07, 6.45) is 0. The van der Waals surface area contributed by atoms with Gasteiger partial charge >= 0.3 is 0 Å². The van der Waals surface area contributed by atoms with Gasteiger partial charge in [-0.25, -0.2) is 0 Å². The maximum absolute atomic E-state index is 10.4. The standard InChI is InChI=1S/C7H4Cl3NO2/c8-3-4-1-5(11(12)13)2-6(9)7(4)10/h1-2H,3H2. The van der Waals surface area contributed by atoms with Crippen molar-refractivity contribution in [3.05, 3.63) is 37.9 Å². The molecule has 0 unspecified atom stereocenters. The predicted molar refractivity (Wildman–Crippen MR) is 52.7 cm³/mol. The van der Waals surface area contributed by atoms with Gasteiger partial charge in [0.05, 0.1) is 15.0 Å². The lowest BCUT2D eigenvalue weighted by Crippen LogP contribution is -1.90. The number of alkyl halides is 1. The number of nitro groups is 1. The molecule has 0 fully saturated rings. The van der Waals surface area contributed by atoms with Crippen LogP contribution in [-0.4, -0.2) is 4.92 Å². The summed E-state index contributed by atoms with van der Waals surface area (Å²) in [4.78, 5) is 9.85. The van der Waals surface area contributed by atoms with Crippen molar-refractivity contribution < 1.29 is 4.92 Å². The van der Waals surface area contributed by atoms with Crippen LogP contribution in [0.1, 0.15) is 5.56 Å². The van der Waals surface area contributed by atoms with E-state index in [0.29, 0.717) is 5.56 Å². The van der Waals surface area contributed by atoms with Gasteiger partial charge in [-0.05, 0) is 5.56 Å². The van der Waals surface area contributed by atoms with E-state index < -0.39 is 4.92 Å². The van der Waals surface area contributed by atoms with E-state index in [2.05, 4.69) is 0 Å². The molecule has 0 heterocycles. The topological polar surface area (TPSA) is 43.1 Å². The van der Waals surface area contributed by atoms with Gasteiger partial charge in [0.15, 0.2) is 0 Å². The number of halogens is 3. The summed E-state index contributed by atoms with van der Waals surface area (Å²) in [6.45, 7) is 0. The molecular weight excluding hydrogens is 236 g/mol. The number of nitro benzene ring substituents is 1. The van der Waals surface area contributed by atoms with E-state index >= 15 is 0 Å². The average molecular weight is 240 g/mol. The molecule has 1 rings (SSSR count). The minimum absolute atomic E-state index is 0.0975. The van der Waals surface area contributed by atoms with Gasteiger partial charge < -0.3 is 0 Å². The number of nitrogens with zero attached hydrogens (tertiary/aromatic N) is 1. The Balaban J connectivity index is 3.30. The lowest BCUT2D eigenvalue weighted by Gasteiger charge is -2.01. The van der Waals surface area contributed by atoms with Crippen LogP contribution >= 0.6 is 34.8 Å². The summed E-state index contributed by atoms with van der Waals surface area (Å²) in [5.41, 5.74) is 0.354. The Morgan fingerprint density at radius 2 is 2.00 bits per heavy atom. The molecule has 3 nitrogen and oxygen atoms in total. The molecule has 0 radical (unpaired) electrons. The molecule has 0 saturated carbocycles. The SMILES string of the molecule is O=[N+]([O-])c1cc(Cl)c(Cl)c(CCl)c1. The first-order chi connectivity index (χ1) is 6.06. The monoisotopic (exact) mass is 239 g/mol. The first kappa shape index (κ1) is 10.6. The summed E-state index contributed by atoms with van der Waals surface area (Å²) >= 11 is 16.9. The predicted octanol–water partition coefficient (Wildman–Crippen LogP) is 3.64. The molecule has 0 aromatic heterocycles. The first-order valence-electron chi connectivity index (χ1n) is 3.24. The van der Waals surface area contributed by atoms with Gasteiger partial charge in [0.2, 0.25) is 0 Å². The molecule has 70 valence electrons. The summed E-state index contributed by atoms with van der Waals surface area (Å²) in [5, 5.41) is 10.8. The highest BCUT2D eigenvalue weighted by molar-refractivity contribution is 6.43. The van der Waals surface area contributed by atoms with Gasteiger partial charge in [0.1, 0.15) is 0 Å². The third kappa shape index (κ3) is 2.24. The van der Waals surface area contributed by atoms with Gasteiger partial charge in [-0.15, -0.1) is 11.6 Å². The molecule has 0 bridgehead atoms. The fourth-order valence-electron chi connectivity index (χ4n) is 0.833. The van der Waals surface area contributed by atoms with Crippen LogP contribution in [0.5, 0.6) is 0 Å². The summed E-state index contributed by atoms with van der Waals surface area (Å²) in [5.74, 6) is 0.0975. The molecule has 0 aliphatic rings. The lowest BCUT2D eigenvalue weighted by molar-refractivity contribution is -0.384. The number of hydrogen-bond acceptors (Lipinski definition) is 2. The van der Waals surface area contributed by atoms with Crippen LogP contribution in [0.3, 0.4) is 0 Å². The van der Waals surface area contributed by atoms with E-state index in [9.17, 15) is 10.1 Å². The second-order valence-electron chi connectivity index (χ2n) is 2.29. The summed E-state index contributed by atoms with van der Waals surface area (Å²) in [7, 11) is 0. The molecule has 0 aliphatic heterocycles. The molecule has 13 heavy (non-hydrogen) atoms. The second kappa shape index (κ2) is 4.13. The highest BCUT2D eigenvalue weighted by Crippen LogP contribution is 2.31. The Labute approximate surface area is 89.4 Å². The largest absolute Gasteiger partial charge is 0.271 e. The molecule has 0 atom stereocenters. The third-order valence-corrected chi connectivity index (χ3v) is 2.57. The third-order valence-electron chi connectivity index (χ3n) is 1.44. The molecular formula is C7H4Cl3NO2. The van der Waals surface area contributed by atoms with E-state index in [1.807, 2.05) is 0 Å². The molecule has 0 N–H and O–H groups in total. The molecule has 0 spiro atoms. The van der Waals surface area contributed by atoms with Gasteiger partial charge in [0.25, 0.3) is 5.69 Å². The molecule has 1 aromatic carbocycles. The van der Waals surface area contributed by atoms with Crippen molar-refractivity contribution in [3.63, 3.8) is 0 Å². The maximum Gasteiger partial charge on any atom is 0.271 e. The van der Waals surface area contributed by atoms with Gasteiger partial charge in [-0.2, -0.15) is 0 Å². The molecule has 0 aliphatic carbocycles. The zero-order chi connectivity index (χ0) is 10.0. The normalized spacial score (nSPS) is 10.1. The maximum atomic E-state index is 10.4. The minimum Gasteiger partial charge on any atom is -0.258 e. The van der Waals surface area contributed by atoms with E-state index in [1.165, 1.54) is 12.1 Å². The average Bonchev–Trinajstić information content (AvgIpc) is 2.09. The lowest BCUT2D eigenvalue weighted by atomic mass is 10.2. The smallest absolute Gasteiger partial charge is 0.258 e. The molecule has 0 saturated heterocycles. The number of benzene rings is 1. The summed E-state index contributed by atoms with van der Waals surface area (Å²) < 4.78 is 0.